The van der Waals surface area contributed by atoms with Gasteiger partial charge in [0.2, 0.25) is 0 Å². The second kappa shape index (κ2) is 9.27. The van der Waals surface area contributed by atoms with Crippen molar-refractivity contribution in [1.29, 1.82) is 0 Å². The fourth-order valence-electron chi connectivity index (χ4n) is 3.38. The Bertz CT molecular complexity index is 721. The number of rotatable bonds is 5. The van der Waals surface area contributed by atoms with Gasteiger partial charge in [-0.1, -0.05) is 19.3 Å². The van der Waals surface area contributed by atoms with Crippen LogP contribution in [0.4, 0.5) is 4.79 Å². The Kier molecular flexibility index (Phi) is 7.29. The fourth-order valence-corrected chi connectivity index (χ4v) is 6.36. The van der Waals surface area contributed by atoms with Crippen LogP contribution in [0.3, 0.4) is 0 Å². The van der Waals surface area contributed by atoms with Crippen LogP contribution in [0.25, 0.3) is 6.08 Å². The van der Waals surface area contributed by atoms with E-state index in [1.165, 1.54) is 24.2 Å². The van der Waals surface area contributed by atoms with Crippen LogP contribution >= 0.6 is 56.9 Å². The van der Waals surface area contributed by atoms with Crippen LogP contribution in [-0.4, -0.2) is 29.2 Å². The summed E-state index contributed by atoms with van der Waals surface area (Å²) in [6, 6.07) is 3.98. The normalized spacial score (nSPS) is 20.3. The first kappa shape index (κ1) is 20.4. The lowest BCUT2D eigenvalue weighted by Crippen LogP contribution is -2.34. The summed E-state index contributed by atoms with van der Waals surface area (Å²) in [5, 5.41) is -0.137. The summed E-state index contributed by atoms with van der Waals surface area (Å²) in [4.78, 5) is 27.0. The predicted molar refractivity (Wildman–Crippen MR) is 122 cm³/mol. The Morgan fingerprint density at radius 3 is 2.46 bits per heavy atom. The second-order valence-corrected chi connectivity index (χ2v) is 9.86. The number of carbonyl (C=O) groups excluding carboxylic acids is 2. The van der Waals surface area contributed by atoms with Crippen LogP contribution in [0.5, 0.6) is 5.75 Å². The molecule has 3 rings (SSSR count). The highest BCUT2D eigenvalue weighted by molar-refractivity contribution is 14.1. The van der Waals surface area contributed by atoms with E-state index in [0.29, 0.717) is 24.0 Å². The van der Waals surface area contributed by atoms with Gasteiger partial charge in [0, 0.05) is 6.54 Å². The molecule has 1 saturated carbocycles. The molecule has 0 spiro atoms. The van der Waals surface area contributed by atoms with Gasteiger partial charge in [-0.25, -0.2) is 0 Å². The first-order chi connectivity index (χ1) is 12.5. The number of carbonyl (C=O) groups is 2. The van der Waals surface area contributed by atoms with Crippen LogP contribution in [0.1, 0.15) is 44.6 Å². The number of nitrogens with zero attached hydrogens (tertiary/aromatic N) is 1. The molecule has 0 atom stereocenters. The molecule has 2 fully saturated rings. The molecule has 140 valence electrons. The molecule has 2 aliphatic rings. The number of thioether (sulfide) groups is 1. The van der Waals surface area contributed by atoms with E-state index < -0.39 is 0 Å². The third-order valence-electron chi connectivity index (χ3n) is 4.65. The van der Waals surface area contributed by atoms with E-state index in [4.69, 9.17) is 4.74 Å². The summed E-state index contributed by atoms with van der Waals surface area (Å²) in [7, 11) is 0. The van der Waals surface area contributed by atoms with Crippen LogP contribution < -0.4 is 4.74 Å². The zero-order valence-corrected chi connectivity index (χ0v) is 19.7. The van der Waals surface area contributed by atoms with Crippen molar-refractivity contribution < 1.29 is 14.3 Å². The molecular weight excluding hydrogens is 576 g/mol. The van der Waals surface area contributed by atoms with Gasteiger partial charge >= 0.3 is 0 Å². The van der Waals surface area contributed by atoms with Crippen LogP contribution in [-0.2, 0) is 4.79 Å². The molecule has 26 heavy (non-hydrogen) atoms. The van der Waals surface area contributed by atoms with Gasteiger partial charge in [0.05, 0.1) is 18.7 Å². The van der Waals surface area contributed by atoms with Gasteiger partial charge < -0.3 is 4.74 Å². The number of halogens is 2. The summed E-state index contributed by atoms with van der Waals surface area (Å²) in [5.74, 6) is 1.18. The van der Waals surface area contributed by atoms with E-state index in [0.717, 1.165) is 43.1 Å². The second-order valence-electron chi connectivity index (χ2n) is 6.54. The summed E-state index contributed by atoms with van der Waals surface area (Å²) in [6.45, 7) is 3.15. The van der Waals surface area contributed by atoms with Gasteiger partial charge in [0.25, 0.3) is 11.1 Å². The van der Waals surface area contributed by atoms with E-state index in [9.17, 15) is 9.59 Å². The van der Waals surface area contributed by atoms with Crippen molar-refractivity contribution in [3.63, 3.8) is 0 Å². The number of amides is 2. The Morgan fingerprint density at radius 1 is 1.19 bits per heavy atom. The van der Waals surface area contributed by atoms with Crippen molar-refractivity contribution in [2.45, 2.75) is 39.0 Å². The van der Waals surface area contributed by atoms with Crippen LogP contribution in [0.2, 0.25) is 0 Å². The SMILES string of the molecule is CCOc1c(I)cc(/C=C2/SC(=O)N(CC3CCCCC3)C2=O)cc1I. The van der Waals surface area contributed by atoms with Crippen molar-refractivity contribution in [3.8, 4) is 5.75 Å². The summed E-state index contributed by atoms with van der Waals surface area (Å²) in [6.07, 6.45) is 7.75. The zero-order chi connectivity index (χ0) is 18.7. The fraction of sp³-hybridized carbons (Fsp3) is 0.474. The van der Waals surface area contributed by atoms with Gasteiger partial charge in [-0.05, 0) is 106 Å². The maximum Gasteiger partial charge on any atom is 0.293 e. The minimum Gasteiger partial charge on any atom is -0.492 e. The van der Waals surface area contributed by atoms with Crippen molar-refractivity contribution in [2.75, 3.05) is 13.2 Å². The molecule has 0 aromatic heterocycles. The Hall–Kier alpha value is -0.290. The summed E-state index contributed by atoms with van der Waals surface area (Å²) in [5.41, 5.74) is 0.922. The van der Waals surface area contributed by atoms with E-state index in [1.54, 1.807) is 0 Å². The minimum absolute atomic E-state index is 0.137. The van der Waals surface area contributed by atoms with Crippen molar-refractivity contribution in [1.82, 2.24) is 4.90 Å². The molecule has 4 nitrogen and oxygen atoms in total. The summed E-state index contributed by atoms with van der Waals surface area (Å²) < 4.78 is 7.67. The molecule has 7 heteroatoms. The third kappa shape index (κ3) is 4.76. The highest BCUT2D eigenvalue weighted by atomic mass is 127. The molecule has 0 radical (unpaired) electrons. The zero-order valence-electron chi connectivity index (χ0n) is 14.6. The third-order valence-corrected chi connectivity index (χ3v) is 7.16. The molecular formula is C19H21I2NO3S. The first-order valence-electron chi connectivity index (χ1n) is 8.86. The average Bonchev–Trinajstić information content (AvgIpc) is 2.86. The number of imide groups is 1. The minimum atomic E-state index is -0.149. The quantitative estimate of drug-likeness (QED) is 0.313. The summed E-state index contributed by atoms with van der Waals surface area (Å²) >= 11 is 5.54. The number of ether oxygens (including phenoxy) is 1. The average molecular weight is 597 g/mol. The lowest BCUT2D eigenvalue weighted by atomic mass is 9.89. The van der Waals surface area contributed by atoms with Gasteiger partial charge in [-0.2, -0.15) is 0 Å². The maximum atomic E-state index is 12.7. The van der Waals surface area contributed by atoms with Crippen molar-refractivity contribution >= 4 is 74.2 Å². The standard InChI is InChI=1S/C19H21I2NO3S/c1-2-25-17-14(20)8-13(9-15(17)21)10-16-18(23)22(19(24)26-16)11-12-6-4-3-5-7-12/h8-10,12H,2-7,11H2,1H3/b16-10+. The number of hydrogen-bond donors (Lipinski definition) is 0. The molecule has 0 unspecified atom stereocenters. The Labute approximate surface area is 185 Å². The van der Waals surface area contributed by atoms with Gasteiger partial charge in [-0.15, -0.1) is 0 Å². The van der Waals surface area contributed by atoms with Crippen LogP contribution in [0.15, 0.2) is 17.0 Å². The Balaban J connectivity index is 1.77. The molecule has 0 N–H and O–H groups in total. The molecule has 2 amide bonds. The molecule has 1 aliphatic heterocycles. The van der Waals surface area contributed by atoms with Gasteiger partial charge in [0.1, 0.15) is 5.75 Å². The van der Waals surface area contributed by atoms with E-state index in [1.807, 2.05) is 25.1 Å². The van der Waals surface area contributed by atoms with E-state index in [-0.39, 0.29) is 11.1 Å². The van der Waals surface area contributed by atoms with Gasteiger partial charge in [-0.3, -0.25) is 14.5 Å². The smallest absolute Gasteiger partial charge is 0.293 e. The molecule has 0 bridgehead atoms. The molecule has 1 aromatic carbocycles. The van der Waals surface area contributed by atoms with Crippen LogP contribution in [0, 0.1) is 13.1 Å². The predicted octanol–water partition coefficient (Wildman–Crippen LogP) is 5.91. The lowest BCUT2D eigenvalue weighted by molar-refractivity contribution is -0.123. The van der Waals surface area contributed by atoms with Gasteiger partial charge in [0.15, 0.2) is 0 Å². The topological polar surface area (TPSA) is 46.6 Å². The highest BCUT2D eigenvalue weighted by Crippen LogP contribution is 2.36. The number of hydrogen-bond acceptors (Lipinski definition) is 4. The van der Waals surface area contributed by atoms with E-state index >= 15 is 0 Å². The molecule has 1 saturated heterocycles. The maximum absolute atomic E-state index is 12.7. The largest absolute Gasteiger partial charge is 0.492 e. The molecule has 1 aliphatic carbocycles. The highest BCUT2D eigenvalue weighted by Gasteiger charge is 2.36. The first-order valence-corrected chi connectivity index (χ1v) is 11.8. The van der Waals surface area contributed by atoms with E-state index in [2.05, 4.69) is 45.2 Å². The molecule has 1 aromatic rings. The van der Waals surface area contributed by atoms with Crippen molar-refractivity contribution in [2.24, 2.45) is 5.92 Å². The Morgan fingerprint density at radius 2 is 1.85 bits per heavy atom. The van der Waals surface area contributed by atoms with Crippen molar-refractivity contribution in [3.05, 3.63) is 29.7 Å². The number of benzene rings is 1. The monoisotopic (exact) mass is 597 g/mol. The lowest BCUT2D eigenvalue weighted by Gasteiger charge is -2.25. The molecule has 1 heterocycles.